The van der Waals surface area contributed by atoms with Gasteiger partial charge in [0, 0.05) is 24.7 Å². The quantitative estimate of drug-likeness (QED) is 0.590. The summed E-state index contributed by atoms with van der Waals surface area (Å²) < 4.78 is 15.5. The van der Waals surface area contributed by atoms with E-state index < -0.39 is 0 Å². The SMILES string of the molecule is COCCOCCNC(=O)c1cc2cc(N)ccc2o1. The molecule has 0 fully saturated rings. The molecule has 0 atom stereocenters. The van der Waals surface area contributed by atoms with Gasteiger partial charge in [0.15, 0.2) is 5.76 Å². The van der Waals surface area contributed by atoms with Crippen LogP contribution < -0.4 is 11.1 Å². The molecule has 6 nitrogen and oxygen atoms in total. The van der Waals surface area contributed by atoms with Crippen molar-refractivity contribution in [2.75, 3.05) is 39.2 Å². The van der Waals surface area contributed by atoms with Crippen molar-refractivity contribution in [3.8, 4) is 0 Å². The van der Waals surface area contributed by atoms with Crippen molar-refractivity contribution in [2.45, 2.75) is 0 Å². The summed E-state index contributed by atoms with van der Waals surface area (Å²) in [6.45, 7) is 1.90. The Morgan fingerprint density at radius 2 is 2.15 bits per heavy atom. The van der Waals surface area contributed by atoms with Gasteiger partial charge in [0.1, 0.15) is 5.58 Å². The van der Waals surface area contributed by atoms with Gasteiger partial charge in [-0.25, -0.2) is 0 Å². The van der Waals surface area contributed by atoms with Crippen LogP contribution in [-0.4, -0.2) is 39.4 Å². The Morgan fingerprint density at radius 3 is 2.95 bits per heavy atom. The minimum absolute atomic E-state index is 0.266. The topological polar surface area (TPSA) is 86.7 Å². The normalized spacial score (nSPS) is 10.8. The summed E-state index contributed by atoms with van der Waals surface area (Å²) in [4.78, 5) is 11.9. The van der Waals surface area contributed by atoms with Crippen LogP contribution in [0, 0.1) is 0 Å². The third-order valence-electron chi connectivity index (χ3n) is 2.73. The van der Waals surface area contributed by atoms with E-state index in [0.29, 0.717) is 37.6 Å². The first kappa shape index (κ1) is 14.4. The van der Waals surface area contributed by atoms with Gasteiger partial charge in [-0.05, 0) is 24.3 Å². The highest BCUT2D eigenvalue weighted by Gasteiger charge is 2.11. The number of hydrogen-bond acceptors (Lipinski definition) is 5. The first-order valence-electron chi connectivity index (χ1n) is 6.34. The molecule has 1 aromatic heterocycles. The van der Waals surface area contributed by atoms with Crippen molar-refractivity contribution in [1.82, 2.24) is 5.32 Å². The molecule has 20 heavy (non-hydrogen) atoms. The summed E-state index contributed by atoms with van der Waals surface area (Å²) in [5, 5.41) is 3.53. The maximum absolute atomic E-state index is 11.9. The highest BCUT2D eigenvalue weighted by Crippen LogP contribution is 2.21. The van der Waals surface area contributed by atoms with Crippen molar-refractivity contribution >= 4 is 22.6 Å². The van der Waals surface area contributed by atoms with Crippen LogP contribution in [-0.2, 0) is 9.47 Å². The van der Waals surface area contributed by atoms with Crippen LogP contribution in [0.1, 0.15) is 10.6 Å². The number of hydrogen-bond donors (Lipinski definition) is 2. The molecule has 3 N–H and O–H groups in total. The number of fused-ring (bicyclic) bond motifs is 1. The number of carbonyl (C=O) groups is 1. The lowest BCUT2D eigenvalue weighted by Crippen LogP contribution is -2.27. The third kappa shape index (κ3) is 3.72. The molecular weight excluding hydrogens is 260 g/mol. The van der Waals surface area contributed by atoms with E-state index in [4.69, 9.17) is 19.6 Å². The second-order valence-corrected chi connectivity index (χ2v) is 4.27. The van der Waals surface area contributed by atoms with Crippen molar-refractivity contribution in [3.05, 3.63) is 30.0 Å². The first-order valence-corrected chi connectivity index (χ1v) is 6.34. The summed E-state index contributed by atoms with van der Waals surface area (Å²) >= 11 is 0. The summed E-state index contributed by atoms with van der Waals surface area (Å²) in [7, 11) is 1.61. The second-order valence-electron chi connectivity index (χ2n) is 4.27. The molecule has 0 bridgehead atoms. The van der Waals surface area contributed by atoms with Crippen molar-refractivity contribution in [2.24, 2.45) is 0 Å². The Bertz CT molecular complexity index is 580. The number of nitrogen functional groups attached to an aromatic ring is 1. The largest absolute Gasteiger partial charge is 0.451 e. The Balaban J connectivity index is 1.85. The highest BCUT2D eigenvalue weighted by molar-refractivity contribution is 5.96. The van der Waals surface area contributed by atoms with Gasteiger partial charge in [0.25, 0.3) is 5.91 Å². The predicted molar refractivity (Wildman–Crippen MR) is 75.7 cm³/mol. The predicted octanol–water partition coefficient (Wildman–Crippen LogP) is 1.41. The lowest BCUT2D eigenvalue weighted by atomic mass is 10.2. The maximum Gasteiger partial charge on any atom is 0.287 e. The van der Waals surface area contributed by atoms with Crippen LogP contribution in [0.5, 0.6) is 0 Å². The zero-order valence-corrected chi connectivity index (χ0v) is 11.3. The van der Waals surface area contributed by atoms with E-state index in [1.54, 1.807) is 31.4 Å². The molecule has 0 unspecified atom stereocenters. The Hall–Kier alpha value is -2.05. The fraction of sp³-hybridized carbons (Fsp3) is 0.357. The van der Waals surface area contributed by atoms with E-state index in [-0.39, 0.29) is 11.7 Å². The molecule has 0 spiro atoms. The third-order valence-corrected chi connectivity index (χ3v) is 2.73. The van der Waals surface area contributed by atoms with Gasteiger partial charge in [-0.3, -0.25) is 4.79 Å². The molecule has 108 valence electrons. The number of nitrogens with two attached hydrogens (primary N) is 1. The number of amides is 1. The summed E-state index contributed by atoms with van der Waals surface area (Å²) in [6.07, 6.45) is 0. The van der Waals surface area contributed by atoms with Crippen LogP contribution in [0.3, 0.4) is 0 Å². The van der Waals surface area contributed by atoms with Crippen LogP contribution in [0.2, 0.25) is 0 Å². The minimum atomic E-state index is -0.268. The van der Waals surface area contributed by atoms with E-state index in [9.17, 15) is 4.79 Å². The van der Waals surface area contributed by atoms with Gasteiger partial charge in [0.05, 0.1) is 19.8 Å². The van der Waals surface area contributed by atoms with Gasteiger partial charge in [-0.1, -0.05) is 0 Å². The Morgan fingerprint density at radius 1 is 1.30 bits per heavy atom. The molecule has 0 radical (unpaired) electrons. The van der Waals surface area contributed by atoms with E-state index in [2.05, 4.69) is 5.32 Å². The van der Waals surface area contributed by atoms with E-state index in [0.717, 1.165) is 5.39 Å². The van der Waals surface area contributed by atoms with Gasteiger partial charge < -0.3 is 24.9 Å². The van der Waals surface area contributed by atoms with Gasteiger partial charge >= 0.3 is 0 Å². The van der Waals surface area contributed by atoms with Crippen LogP contribution in [0.25, 0.3) is 11.0 Å². The lowest BCUT2D eigenvalue weighted by molar-refractivity contribution is 0.0687. The van der Waals surface area contributed by atoms with Crippen molar-refractivity contribution < 1.29 is 18.7 Å². The molecule has 0 aliphatic rings. The molecule has 0 saturated heterocycles. The number of furan rings is 1. The molecule has 2 aromatic rings. The zero-order chi connectivity index (χ0) is 14.4. The average molecular weight is 278 g/mol. The lowest BCUT2D eigenvalue weighted by Gasteiger charge is -2.04. The van der Waals surface area contributed by atoms with Crippen LogP contribution in [0.4, 0.5) is 5.69 Å². The van der Waals surface area contributed by atoms with E-state index in [1.807, 2.05) is 0 Å². The van der Waals surface area contributed by atoms with E-state index in [1.165, 1.54) is 0 Å². The maximum atomic E-state index is 11.9. The number of methoxy groups -OCH3 is 1. The van der Waals surface area contributed by atoms with Gasteiger partial charge in [0.2, 0.25) is 0 Å². The minimum Gasteiger partial charge on any atom is -0.451 e. The number of nitrogens with one attached hydrogen (secondary N) is 1. The number of ether oxygens (including phenoxy) is 2. The van der Waals surface area contributed by atoms with Gasteiger partial charge in [-0.15, -0.1) is 0 Å². The molecule has 2 rings (SSSR count). The molecule has 0 saturated carbocycles. The van der Waals surface area contributed by atoms with Crippen molar-refractivity contribution in [3.63, 3.8) is 0 Å². The standard InChI is InChI=1S/C14H18N2O4/c1-18-6-7-19-5-4-16-14(17)13-9-10-8-11(15)2-3-12(10)20-13/h2-3,8-9H,4-7,15H2,1H3,(H,16,17). The summed E-state index contributed by atoms with van der Waals surface area (Å²) in [5.74, 6) is -0.00222. The molecule has 6 heteroatoms. The van der Waals surface area contributed by atoms with Crippen LogP contribution >= 0.6 is 0 Å². The molecular formula is C14H18N2O4. The molecule has 0 aliphatic carbocycles. The monoisotopic (exact) mass is 278 g/mol. The smallest absolute Gasteiger partial charge is 0.287 e. The fourth-order valence-corrected chi connectivity index (χ4v) is 1.74. The first-order chi connectivity index (χ1) is 9.70. The van der Waals surface area contributed by atoms with Gasteiger partial charge in [-0.2, -0.15) is 0 Å². The molecule has 1 aromatic carbocycles. The molecule has 1 amide bonds. The Labute approximate surface area is 116 Å². The second kappa shape index (κ2) is 6.93. The average Bonchev–Trinajstić information content (AvgIpc) is 2.85. The summed E-state index contributed by atoms with van der Waals surface area (Å²) in [6, 6.07) is 6.92. The number of benzene rings is 1. The van der Waals surface area contributed by atoms with Crippen LogP contribution in [0.15, 0.2) is 28.7 Å². The molecule has 0 aliphatic heterocycles. The zero-order valence-electron chi connectivity index (χ0n) is 11.3. The number of anilines is 1. The number of rotatable bonds is 7. The van der Waals surface area contributed by atoms with Crippen molar-refractivity contribution in [1.29, 1.82) is 0 Å². The Kier molecular flexibility index (Phi) is 4.97. The fourth-order valence-electron chi connectivity index (χ4n) is 1.74. The number of carbonyl (C=O) groups excluding carboxylic acids is 1. The molecule has 1 heterocycles. The summed E-state index contributed by atoms with van der Waals surface area (Å²) in [5.41, 5.74) is 6.95. The van der Waals surface area contributed by atoms with E-state index >= 15 is 0 Å². The highest BCUT2D eigenvalue weighted by atomic mass is 16.5.